The molecular weight excluding hydrogens is 451 g/mol. The van der Waals surface area contributed by atoms with E-state index in [-0.39, 0.29) is 5.91 Å². The molecule has 8 heteroatoms. The van der Waals surface area contributed by atoms with Gasteiger partial charge < -0.3 is 4.74 Å². The highest BCUT2D eigenvalue weighted by Crippen LogP contribution is 2.49. The molecule has 32 heavy (non-hydrogen) atoms. The Morgan fingerprint density at radius 1 is 0.875 bits per heavy atom. The molecular formula is C24H18Cl2N2O4. The average Bonchev–Trinajstić information content (AvgIpc) is 3.30. The number of imide groups is 1. The summed E-state index contributed by atoms with van der Waals surface area (Å²) in [7, 11) is 1.53. The summed E-state index contributed by atoms with van der Waals surface area (Å²) in [5.74, 6) is -1.03. The molecule has 0 N–H and O–H groups in total. The molecule has 0 saturated carbocycles. The summed E-state index contributed by atoms with van der Waals surface area (Å²) in [4.78, 5) is 34.3. The lowest BCUT2D eigenvalue weighted by molar-refractivity contribution is -0.126. The van der Waals surface area contributed by atoms with Crippen molar-refractivity contribution in [3.05, 3.63) is 88.4 Å². The molecule has 2 amide bonds. The first kappa shape index (κ1) is 20.8. The number of rotatable bonds is 4. The van der Waals surface area contributed by atoms with Crippen molar-refractivity contribution in [2.45, 2.75) is 12.1 Å². The minimum absolute atomic E-state index is 0.359. The quantitative estimate of drug-likeness (QED) is 0.501. The van der Waals surface area contributed by atoms with Gasteiger partial charge in [-0.1, -0.05) is 53.5 Å². The largest absolute Gasteiger partial charge is 0.497 e. The number of methoxy groups -OCH3 is 1. The SMILES string of the molecule is COc1cccc(N2C(=O)C3ON(c4ccccc4)C(c4ccc(Cl)cc4Cl)C3C2=O)c1. The van der Waals surface area contributed by atoms with Crippen LogP contribution in [0.3, 0.4) is 0 Å². The minimum Gasteiger partial charge on any atom is -0.497 e. The Morgan fingerprint density at radius 2 is 1.62 bits per heavy atom. The van der Waals surface area contributed by atoms with Crippen LogP contribution in [0.4, 0.5) is 11.4 Å². The van der Waals surface area contributed by atoms with Crippen molar-refractivity contribution in [3.63, 3.8) is 0 Å². The molecule has 162 valence electrons. The molecule has 6 nitrogen and oxygen atoms in total. The average molecular weight is 469 g/mol. The number of carbonyl (C=O) groups excluding carboxylic acids is 2. The summed E-state index contributed by atoms with van der Waals surface area (Å²) in [5.41, 5.74) is 1.80. The lowest BCUT2D eigenvalue weighted by atomic mass is 9.90. The molecule has 3 atom stereocenters. The third-order valence-corrected chi connectivity index (χ3v) is 6.28. The van der Waals surface area contributed by atoms with Crippen LogP contribution in [0.25, 0.3) is 0 Å². The predicted molar refractivity (Wildman–Crippen MR) is 122 cm³/mol. The van der Waals surface area contributed by atoms with Gasteiger partial charge in [-0.25, -0.2) is 9.96 Å². The van der Waals surface area contributed by atoms with E-state index in [1.807, 2.05) is 30.3 Å². The van der Waals surface area contributed by atoms with Gasteiger partial charge in [0.25, 0.3) is 5.91 Å². The third kappa shape index (κ3) is 3.32. The van der Waals surface area contributed by atoms with Crippen LogP contribution in [-0.2, 0) is 14.4 Å². The van der Waals surface area contributed by atoms with E-state index in [9.17, 15) is 9.59 Å². The van der Waals surface area contributed by atoms with Crippen LogP contribution in [0.2, 0.25) is 10.0 Å². The maximum Gasteiger partial charge on any atom is 0.266 e. The van der Waals surface area contributed by atoms with Crippen molar-refractivity contribution in [3.8, 4) is 5.75 Å². The number of nitrogens with zero attached hydrogens (tertiary/aromatic N) is 2. The summed E-state index contributed by atoms with van der Waals surface area (Å²) in [6.07, 6.45) is -0.981. The smallest absolute Gasteiger partial charge is 0.266 e. The van der Waals surface area contributed by atoms with Gasteiger partial charge in [0, 0.05) is 16.1 Å². The molecule has 2 fully saturated rings. The predicted octanol–water partition coefficient (Wildman–Crippen LogP) is 5.05. The maximum absolute atomic E-state index is 13.6. The number of fused-ring (bicyclic) bond motifs is 1. The molecule has 2 saturated heterocycles. The highest BCUT2D eigenvalue weighted by Gasteiger charge is 2.60. The fraction of sp³-hybridized carbons (Fsp3) is 0.167. The number of para-hydroxylation sites is 1. The van der Waals surface area contributed by atoms with E-state index in [2.05, 4.69) is 0 Å². The van der Waals surface area contributed by atoms with Crippen molar-refractivity contribution < 1.29 is 19.2 Å². The number of anilines is 2. The molecule has 5 rings (SSSR count). The van der Waals surface area contributed by atoms with E-state index in [1.165, 1.54) is 7.11 Å². The van der Waals surface area contributed by atoms with Gasteiger partial charge in [-0.05, 0) is 42.0 Å². The van der Waals surface area contributed by atoms with Gasteiger partial charge in [-0.15, -0.1) is 0 Å². The second-order valence-electron chi connectivity index (χ2n) is 7.54. The molecule has 3 unspecified atom stereocenters. The van der Waals surface area contributed by atoms with Gasteiger partial charge in [-0.3, -0.25) is 14.4 Å². The molecule has 3 aromatic carbocycles. The zero-order chi connectivity index (χ0) is 22.4. The van der Waals surface area contributed by atoms with Crippen molar-refractivity contribution >= 4 is 46.4 Å². The van der Waals surface area contributed by atoms with E-state index >= 15 is 0 Å². The second-order valence-corrected chi connectivity index (χ2v) is 8.38. The van der Waals surface area contributed by atoms with Gasteiger partial charge >= 0.3 is 0 Å². The topological polar surface area (TPSA) is 59.1 Å². The van der Waals surface area contributed by atoms with E-state index in [4.69, 9.17) is 32.8 Å². The van der Waals surface area contributed by atoms with Crippen LogP contribution in [0.1, 0.15) is 11.6 Å². The molecule has 2 heterocycles. The summed E-state index contributed by atoms with van der Waals surface area (Å²) in [6, 6.07) is 20.6. The van der Waals surface area contributed by atoms with E-state index in [1.54, 1.807) is 47.5 Å². The van der Waals surface area contributed by atoms with Gasteiger partial charge in [-0.2, -0.15) is 0 Å². The van der Waals surface area contributed by atoms with E-state index in [0.717, 1.165) is 4.90 Å². The van der Waals surface area contributed by atoms with Gasteiger partial charge in [0.05, 0.1) is 24.5 Å². The molecule has 0 radical (unpaired) electrons. The van der Waals surface area contributed by atoms with Crippen LogP contribution in [0.15, 0.2) is 72.8 Å². The number of benzene rings is 3. The van der Waals surface area contributed by atoms with E-state index < -0.39 is 24.0 Å². The zero-order valence-electron chi connectivity index (χ0n) is 16.9. The fourth-order valence-corrected chi connectivity index (χ4v) is 4.79. The number of hydrogen-bond donors (Lipinski definition) is 0. The first-order valence-corrected chi connectivity index (χ1v) is 10.7. The molecule has 0 aromatic heterocycles. The first-order chi connectivity index (χ1) is 15.5. The monoisotopic (exact) mass is 468 g/mol. The molecule has 2 aliphatic heterocycles. The normalized spacial score (nSPS) is 22.4. The van der Waals surface area contributed by atoms with Crippen LogP contribution in [0.5, 0.6) is 5.75 Å². The Morgan fingerprint density at radius 3 is 2.34 bits per heavy atom. The van der Waals surface area contributed by atoms with Crippen LogP contribution >= 0.6 is 23.2 Å². The molecule has 0 bridgehead atoms. The van der Waals surface area contributed by atoms with Crippen molar-refractivity contribution in [2.75, 3.05) is 17.1 Å². The summed E-state index contributed by atoms with van der Waals surface area (Å²) >= 11 is 12.6. The van der Waals surface area contributed by atoms with E-state index in [0.29, 0.717) is 32.7 Å². The highest BCUT2D eigenvalue weighted by molar-refractivity contribution is 6.35. The van der Waals surface area contributed by atoms with Crippen molar-refractivity contribution in [2.24, 2.45) is 5.92 Å². The molecule has 3 aromatic rings. The third-order valence-electron chi connectivity index (χ3n) is 5.72. The van der Waals surface area contributed by atoms with Crippen LogP contribution in [-0.4, -0.2) is 25.0 Å². The molecule has 0 aliphatic carbocycles. The Bertz CT molecular complexity index is 1200. The highest BCUT2D eigenvalue weighted by atomic mass is 35.5. The number of hydroxylamine groups is 1. The maximum atomic E-state index is 13.6. The number of amides is 2. The van der Waals surface area contributed by atoms with Gasteiger partial charge in [0.2, 0.25) is 5.91 Å². The van der Waals surface area contributed by atoms with Crippen molar-refractivity contribution in [1.29, 1.82) is 0 Å². The van der Waals surface area contributed by atoms with Gasteiger partial charge in [0.1, 0.15) is 11.7 Å². The lowest BCUT2D eigenvalue weighted by Crippen LogP contribution is -2.37. The number of ether oxygens (including phenoxy) is 1. The van der Waals surface area contributed by atoms with Crippen molar-refractivity contribution in [1.82, 2.24) is 0 Å². The lowest BCUT2D eigenvalue weighted by Gasteiger charge is -2.29. The summed E-state index contributed by atoms with van der Waals surface area (Å²) in [6.45, 7) is 0. The molecule has 0 spiro atoms. The van der Waals surface area contributed by atoms with Gasteiger partial charge in [0.15, 0.2) is 6.10 Å². The summed E-state index contributed by atoms with van der Waals surface area (Å²) < 4.78 is 5.25. The number of halogens is 2. The molecule has 2 aliphatic rings. The summed E-state index contributed by atoms with van der Waals surface area (Å²) in [5, 5.41) is 2.48. The number of hydrogen-bond acceptors (Lipinski definition) is 5. The first-order valence-electron chi connectivity index (χ1n) is 9.97. The van der Waals surface area contributed by atoms with Crippen LogP contribution in [0, 0.1) is 5.92 Å². The Hall–Kier alpha value is -3.06. The minimum atomic E-state index is -0.981. The Balaban J connectivity index is 1.60. The number of carbonyl (C=O) groups is 2. The fourth-order valence-electron chi connectivity index (χ4n) is 4.27. The zero-order valence-corrected chi connectivity index (χ0v) is 18.5. The Labute approximate surface area is 194 Å². The Kier molecular flexibility index (Phi) is 5.29. The van der Waals surface area contributed by atoms with Crippen LogP contribution < -0.4 is 14.7 Å². The second kappa shape index (κ2) is 8.13. The standard InChI is InChI=1S/C24H18Cl2N2O4/c1-31-17-9-5-8-16(13-17)27-23(29)20-21(18-11-10-14(25)12-19(18)26)28(32-22(20)24(27)30)15-6-3-2-4-7-15/h2-13,20-22H,1H3.